The van der Waals surface area contributed by atoms with Crippen LogP contribution in [0.4, 0.5) is 11.4 Å². The summed E-state index contributed by atoms with van der Waals surface area (Å²) in [7, 11) is -4.28. The molecule has 0 aliphatic carbocycles. The van der Waals surface area contributed by atoms with Crippen LogP contribution < -0.4 is 9.62 Å². The van der Waals surface area contributed by atoms with E-state index in [9.17, 15) is 22.8 Å². The molecule has 1 fully saturated rings. The van der Waals surface area contributed by atoms with E-state index in [0.717, 1.165) is 9.87 Å². The molecular weight excluding hydrogens is 589 g/mol. The molecular formula is C29H29Cl2N3O6S. The van der Waals surface area contributed by atoms with E-state index < -0.39 is 40.5 Å². The number of hydrogen-bond donors (Lipinski definition) is 1. The summed E-state index contributed by atoms with van der Waals surface area (Å²) in [4.78, 5) is 39.6. The quantitative estimate of drug-likeness (QED) is 0.316. The number of carbonyl (C=O) groups excluding carboxylic acids is 3. The summed E-state index contributed by atoms with van der Waals surface area (Å²) in [6.07, 6.45) is -0.396. The van der Waals surface area contributed by atoms with E-state index in [4.69, 9.17) is 27.9 Å². The van der Waals surface area contributed by atoms with E-state index in [1.807, 2.05) is 12.1 Å². The van der Waals surface area contributed by atoms with Gasteiger partial charge in [0.05, 0.1) is 22.6 Å². The Kier molecular flexibility index (Phi) is 9.57. The van der Waals surface area contributed by atoms with Gasteiger partial charge < -0.3 is 15.0 Å². The number of sulfonamides is 1. The Morgan fingerprint density at radius 3 is 2.41 bits per heavy atom. The number of hydrogen-bond acceptors (Lipinski definition) is 6. The maximum absolute atomic E-state index is 13.7. The van der Waals surface area contributed by atoms with Crippen molar-refractivity contribution in [3.63, 3.8) is 0 Å². The van der Waals surface area contributed by atoms with Crippen molar-refractivity contribution >= 4 is 62.4 Å². The zero-order valence-electron chi connectivity index (χ0n) is 22.4. The molecule has 1 aliphatic rings. The second-order valence-electron chi connectivity index (χ2n) is 9.85. The van der Waals surface area contributed by atoms with E-state index in [2.05, 4.69) is 5.32 Å². The minimum atomic E-state index is -4.28. The molecule has 216 valence electrons. The molecule has 3 aromatic carbocycles. The number of nitrogens with one attached hydrogen (secondary N) is 1. The zero-order valence-corrected chi connectivity index (χ0v) is 24.7. The van der Waals surface area contributed by atoms with Crippen molar-refractivity contribution in [2.24, 2.45) is 5.92 Å². The van der Waals surface area contributed by atoms with Gasteiger partial charge in [-0.15, -0.1) is 0 Å². The van der Waals surface area contributed by atoms with Crippen molar-refractivity contribution in [1.29, 1.82) is 0 Å². The molecule has 0 aromatic heterocycles. The van der Waals surface area contributed by atoms with Crippen LogP contribution in [-0.2, 0) is 35.7 Å². The molecule has 1 atom stereocenters. The average molecular weight is 619 g/mol. The second-order valence-corrected chi connectivity index (χ2v) is 12.6. The van der Waals surface area contributed by atoms with Gasteiger partial charge in [0, 0.05) is 35.2 Å². The molecule has 0 spiro atoms. The Balaban J connectivity index is 1.51. The SMILES string of the molecule is CC(C)OC(=O)CN(c1cccc(Cl)c1)S(=O)(=O)c1cccc(NC(=O)C2CC(=O)N(Cc3ccc(Cl)cc3)C2)c1. The van der Waals surface area contributed by atoms with Gasteiger partial charge in [0.2, 0.25) is 11.8 Å². The zero-order chi connectivity index (χ0) is 29.7. The number of amides is 2. The molecule has 2 amide bonds. The van der Waals surface area contributed by atoms with E-state index in [0.29, 0.717) is 11.6 Å². The van der Waals surface area contributed by atoms with Crippen LogP contribution in [0.1, 0.15) is 25.8 Å². The molecule has 1 saturated heterocycles. The molecule has 0 radical (unpaired) electrons. The van der Waals surface area contributed by atoms with Crippen molar-refractivity contribution < 1.29 is 27.5 Å². The standard InChI is InChI=1S/C29H29Cl2N3O6S/c1-19(2)40-28(36)18-34(25-7-3-5-23(31)14-25)41(38,39)26-8-4-6-24(15-26)32-29(37)21-13-27(35)33(17-21)16-20-9-11-22(30)12-10-20/h3-12,14-15,19,21H,13,16-18H2,1-2H3,(H,32,37). The van der Waals surface area contributed by atoms with Crippen LogP contribution in [-0.4, -0.2) is 50.3 Å². The summed E-state index contributed by atoms with van der Waals surface area (Å²) in [6, 6.07) is 18.9. The molecule has 3 aromatic rings. The molecule has 0 bridgehead atoms. The number of benzene rings is 3. The topological polar surface area (TPSA) is 113 Å². The van der Waals surface area contributed by atoms with Crippen LogP contribution in [0.15, 0.2) is 77.7 Å². The van der Waals surface area contributed by atoms with Gasteiger partial charge in [-0.2, -0.15) is 0 Å². The van der Waals surface area contributed by atoms with Crippen LogP contribution in [0.3, 0.4) is 0 Å². The molecule has 12 heteroatoms. The Hall–Kier alpha value is -3.60. The molecule has 41 heavy (non-hydrogen) atoms. The van der Waals surface area contributed by atoms with Gasteiger partial charge in [-0.1, -0.05) is 47.5 Å². The summed E-state index contributed by atoms with van der Waals surface area (Å²) in [6.45, 7) is 3.33. The number of ether oxygens (including phenoxy) is 1. The minimum absolute atomic E-state index is 0.0396. The Bertz CT molecular complexity index is 1550. The molecule has 1 unspecified atom stereocenters. The van der Waals surface area contributed by atoms with E-state index in [-0.39, 0.29) is 40.2 Å². The monoisotopic (exact) mass is 617 g/mol. The highest BCUT2D eigenvalue weighted by Crippen LogP contribution is 2.28. The normalized spacial score (nSPS) is 15.2. The molecule has 0 saturated carbocycles. The van der Waals surface area contributed by atoms with Gasteiger partial charge in [-0.05, 0) is 67.9 Å². The number of rotatable bonds is 10. The average Bonchev–Trinajstić information content (AvgIpc) is 3.28. The lowest BCUT2D eigenvalue weighted by atomic mass is 10.1. The number of halogens is 2. The Morgan fingerprint density at radius 2 is 1.73 bits per heavy atom. The first-order valence-electron chi connectivity index (χ1n) is 12.8. The van der Waals surface area contributed by atoms with E-state index in [1.54, 1.807) is 49.1 Å². The minimum Gasteiger partial charge on any atom is -0.462 e. The van der Waals surface area contributed by atoms with Gasteiger partial charge in [-0.25, -0.2) is 8.42 Å². The molecule has 4 rings (SSSR count). The lowest BCUT2D eigenvalue weighted by Crippen LogP contribution is -2.37. The number of carbonyl (C=O) groups is 3. The fraction of sp³-hybridized carbons (Fsp3) is 0.276. The summed E-state index contributed by atoms with van der Waals surface area (Å²) >= 11 is 12.0. The Labute approximate surface area is 249 Å². The van der Waals surface area contributed by atoms with Crippen molar-refractivity contribution in [1.82, 2.24) is 4.90 Å². The number of nitrogens with zero attached hydrogens (tertiary/aromatic N) is 2. The summed E-state index contributed by atoms with van der Waals surface area (Å²) in [5.74, 6) is -1.90. The first-order chi connectivity index (χ1) is 19.4. The van der Waals surface area contributed by atoms with Crippen LogP contribution in [0.5, 0.6) is 0 Å². The van der Waals surface area contributed by atoms with Crippen molar-refractivity contribution in [2.45, 2.75) is 37.8 Å². The lowest BCUT2D eigenvalue weighted by molar-refractivity contribution is -0.145. The highest BCUT2D eigenvalue weighted by Gasteiger charge is 2.35. The van der Waals surface area contributed by atoms with Crippen LogP contribution in [0, 0.1) is 5.92 Å². The molecule has 1 aliphatic heterocycles. The number of likely N-dealkylation sites (tertiary alicyclic amines) is 1. The number of anilines is 2. The molecule has 1 N–H and O–H groups in total. The van der Waals surface area contributed by atoms with Crippen LogP contribution in [0.2, 0.25) is 10.0 Å². The highest BCUT2D eigenvalue weighted by atomic mass is 35.5. The predicted molar refractivity (Wildman–Crippen MR) is 157 cm³/mol. The third-order valence-electron chi connectivity index (χ3n) is 6.30. The van der Waals surface area contributed by atoms with Crippen molar-refractivity contribution in [3.05, 3.63) is 88.4 Å². The maximum atomic E-state index is 13.7. The van der Waals surface area contributed by atoms with Crippen LogP contribution in [0.25, 0.3) is 0 Å². The third kappa shape index (κ3) is 7.78. The summed E-state index contributed by atoms with van der Waals surface area (Å²) in [5, 5.41) is 3.61. The van der Waals surface area contributed by atoms with Gasteiger partial charge in [0.1, 0.15) is 6.54 Å². The van der Waals surface area contributed by atoms with Crippen molar-refractivity contribution in [3.8, 4) is 0 Å². The van der Waals surface area contributed by atoms with Gasteiger partial charge in [-0.3, -0.25) is 18.7 Å². The van der Waals surface area contributed by atoms with Gasteiger partial charge in [0.15, 0.2) is 0 Å². The largest absolute Gasteiger partial charge is 0.462 e. The second kappa shape index (κ2) is 12.9. The fourth-order valence-electron chi connectivity index (χ4n) is 4.38. The molecule has 9 nitrogen and oxygen atoms in total. The van der Waals surface area contributed by atoms with Gasteiger partial charge >= 0.3 is 5.97 Å². The van der Waals surface area contributed by atoms with E-state index >= 15 is 0 Å². The van der Waals surface area contributed by atoms with Gasteiger partial charge in [0.25, 0.3) is 10.0 Å². The van der Waals surface area contributed by atoms with Crippen molar-refractivity contribution in [2.75, 3.05) is 22.7 Å². The maximum Gasteiger partial charge on any atom is 0.327 e. The summed E-state index contributed by atoms with van der Waals surface area (Å²) in [5.41, 5.74) is 1.30. The third-order valence-corrected chi connectivity index (χ3v) is 8.55. The lowest BCUT2D eigenvalue weighted by Gasteiger charge is -2.24. The van der Waals surface area contributed by atoms with Crippen LogP contribution >= 0.6 is 23.2 Å². The number of esters is 1. The smallest absolute Gasteiger partial charge is 0.327 e. The first-order valence-corrected chi connectivity index (χ1v) is 15.0. The summed E-state index contributed by atoms with van der Waals surface area (Å²) < 4.78 is 33.6. The Morgan fingerprint density at radius 1 is 1.02 bits per heavy atom. The highest BCUT2D eigenvalue weighted by molar-refractivity contribution is 7.92. The fourth-order valence-corrected chi connectivity index (χ4v) is 6.14. The van der Waals surface area contributed by atoms with E-state index in [1.165, 1.54) is 30.3 Å². The first kappa shape index (κ1) is 30.4. The predicted octanol–water partition coefficient (Wildman–Crippen LogP) is 5.13. The molecule has 1 heterocycles.